The number of benzene rings is 1. The maximum atomic E-state index is 13.2. The Labute approximate surface area is 101 Å². The zero-order valence-electron chi connectivity index (χ0n) is 10.2. The van der Waals surface area contributed by atoms with E-state index in [2.05, 4.69) is 4.90 Å². The molecule has 1 aromatic rings. The highest BCUT2D eigenvalue weighted by Crippen LogP contribution is 2.21. The fraction of sp³-hybridized carbons (Fsp3) is 0.500. The predicted octanol–water partition coefficient (Wildman–Crippen LogP) is 3.22. The van der Waals surface area contributed by atoms with Crippen LogP contribution in [-0.2, 0) is 0 Å². The minimum absolute atomic E-state index is 0.0799. The molecule has 17 heavy (non-hydrogen) atoms. The fourth-order valence-corrected chi connectivity index (χ4v) is 2.22. The third-order valence-corrected chi connectivity index (χ3v) is 3.30. The summed E-state index contributed by atoms with van der Waals surface area (Å²) in [5.74, 6) is 0.0799. The molecule has 1 aliphatic rings. The fourth-order valence-electron chi connectivity index (χ4n) is 2.22. The first-order valence-electron chi connectivity index (χ1n) is 6.17. The van der Waals surface area contributed by atoms with Crippen molar-refractivity contribution in [3.8, 4) is 0 Å². The van der Waals surface area contributed by atoms with Crippen LogP contribution in [0.5, 0.6) is 0 Å². The number of alkyl halides is 1. The Morgan fingerprint density at radius 1 is 1.24 bits per heavy atom. The third-order valence-electron chi connectivity index (χ3n) is 3.30. The highest BCUT2D eigenvalue weighted by Gasteiger charge is 2.16. The summed E-state index contributed by atoms with van der Waals surface area (Å²) in [7, 11) is 0. The van der Waals surface area contributed by atoms with E-state index in [1.807, 2.05) is 24.3 Å². The summed E-state index contributed by atoms with van der Waals surface area (Å²) < 4.78 is 13.2. The number of Topliss-reactive ketones (excluding diaryl/α,β-unsaturated/α-hetero) is 1. The van der Waals surface area contributed by atoms with Gasteiger partial charge in [0.05, 0.1) is 0 Å². The highest BCUT2D eigenvalue weighted by atomic mass is 19.1. The van der Waals surface area contributed by atoms with Gasteiger partial charge in [-0.15, -0.1) is 0 Å². The number of hydrogen-bond acceptors (Lipinski definition) is 2. The zero-order chi connectivity index (χ0) is 12.3. The maximum absolute atomic E-state index is 13.2. The van der Waals surface area contributed by atoms with Gasteiger partial charge in [0.25, 0.3) is 0 Å². The molecule has 0 spiro atoms. The Balaban J connectivity index is 2.08. The number of halogens is 1. The van der Waals surface area contributed by atoms with Gasteiger partial charge in [0.1, 0.15) is 6.17 Å². The van der Waals surface area contributed by atoms with E-state index in [0.29, 0.717) is 12.8 Å². The summed E-state index contributed by atoms with van der Waals surface area (Å²) in [5, 5.41) is 0. The van der Waals surface area contributed by atoms with Gasteiger partial charge in [-0.25, -0.2) is 4.39 Å². The second-order valence-corrected chi connectivity index (χ2v) is 4.62. The van der Waals surface area contributed by atoms with Gasteiger partial charge in [-0.05, 0) is 50.5 Å². The van der Waals surface area contributed by atoms with E-state index in [-0.39, 0.29) is 5.78 Å². The lowest BCUT2D eigenvalue weighted by atomic mass is 10.1. The van der Waals surface area contributed by atoms with Gasteiger partial charge in [0.2, 0.25) is 0 Å². The first-order chi connectivity index (χ1) is 8.16. The summed E-state index contributed by atoms with van der Waals surface area (Å²) in [6, 6.07) is 7.59. The van der Waals surface area contributed by atoms with E-state index in [0.717, 1.165) is 30.8 Å². The van der Waals surface area contributed by atoms with E-state index in [4.69, 9.17) is 0 Å². The first-order valence-corrected chi connectivity index (χ1v) is 6.17. The van der Waals surface area contributed by atoms with Gasteiger partial charge in [-0.2, -0.15) is 0 Å². The van der Waals surface area contributed by atoms with Gasteiger partial charge in [-0.3, -0.25) is 4.79 Å². The third kappa shape index (κ3) is 3.05. The molecule has 2 nitrogen and oxygen atoms in total. The van der Waals surface area contributed by atoms with Gasteiger partial charge in [-0.1, -0.05) is 0 Å². The molecule has 1 heterocycles. The zero-order valence-corrected chi connectivity index (χ0v) is 10.2. The smallest absolute Gasteiger partial charge is 0.159 e. The lowest BCUT2D eigenvalue weighted by Gasteiger charge is -2.22. The Bertz CT molecular complexity index is 388. The second-order valence-electron chi connectivity index (χ2n) is 4.62. The molecule has 1 fully saturated rings. The van der Waals surface area contributed by atoms with Crippen molar-refractivity contribution in [2.75, 3.05) is 18.0 Å². The van der Waals surface area contributed by atoms with Crippen LogP contribution in [0.1, 0.15) is 36.5 Å². The van der Waals surface area contributed by atoms with Gasteiger partial charge in [0.15, 0.2) is 5.78 Å². The molecular formula is C14H18FNO. The Morgan fingerprint density at radius 3 is 2.59 bits per heavy atom. The van der Waals surface area contributed by atoms with Crippen LogP contribution in [-0.4, -0.2) is 25.0 Å². The summed E-state index contributed by atoms with van der Waals surface area (Å²) in [5.41, 5.74) is 1.82. The van der Waals surface area contributed by atoms with Crippen LogP contribution in [0.25, 0.3) is 0 Å². The molecule has 0 N–H and O–H groups in total. The van der Waals surface area contributed by atoms with Crippen LogP contribution in [0.3, 0.4) is 0 Å². The summed E-state index contributed by atoms with van der Waals surface area (Å²) in [6.45, 7) is 3.23. The van der Waals surface area contributed by atoms with E-state index in [1.165, 1.54) is 0 Å². The second kappa shape index (κ2) is 5.30. The summed E-state index contributed by atoms with van der Waals surface area (Å²) >= 11 is 0. The van der Waals surface area contributed by atoms with Crippen LogP contribution in [0.2, 0.25) is 0 Å². The Kier molecular flexibility index (Phi) is 3.77. The van der Waals surface area contributed by atoms with Crippen molar-refractivity contribution < 1.29 is 9.18 Å². The number of carbonyl (C=O) groups excluding carboxylic acids is 1. The molecule has 0 amide bonds. The summed E-state index contributed by atoms with van der Waals surface area (Å²) in [6.07, 6.45) is 1.52. The molecule has 1 atom stereocenters. The molecule has 0 aliphatic carbocycles. The van der Waals surface area contributed by atoms with E-state index >= 15 is 0 Å². The molecule has 0 radical (unpaired) electrons. The SMILES string of the molecule is CC(=O)c1ccc(N2CCCC(F)CC2)cc1. The normalized spacial score (nSPS) is 21.1. The average molecular weight is 235 g/mol. The minimum atomic E-state index is -0.656. The van der Waals surface area contributed by atoms with E-state index in [9.17, 15) is 9.18 Å². The summed E-state index contributed by atoms with van der Waals surface area (Å²) in [4.78, 5) is 13.4. The number of ketones is 1. The van der Waals surface area contributed by atoms with Crippen molar-refractivity contribution in [1.82, 2.24) is 0 Å². The largest absolute Gasteiger partial charge is 0.371 e. The van der Waals surface area contributed by atoms with Gasteiger partial charge in [0, 0.05) is 24.3 Å². The van der Waals surface area contributed by atoms with Crippen molar-refractivity contribution in [3.05, 3.63) is 29.8 Å². The molecule has 1 unspecified atom stereocenters. The van der Waals surface area contributed by atoms with Crippen LogP contribution < -0.4 is 4.90 Å². The number of anilines is 1. The Hall–Kier alpha value is -1.38. The molecule has 1 aromatic carbocycles. The molecular weight excluding hydrogens is 217 g/mol. The Morgan fingerprint density at radius 2 is 1.94 bits per heavy atom. The number of rotatable bonds is 2. The molecule has 2 rings (SSSR count). The monoisotopic (exact) mass is 235 g/mol. The first kappa shape index (κ1) is 12.1. The van der Waals surface area contributed by atoms with E-state index in [1.54, 1.807) is 6.92 Å². The number of carbonyl (C=O) groups is 1. The average Bonchev–Trinajstić information content (AvgIpc) is 2.54. The number of nitrogens with zero attached hydrogens (tertiary/aromatic N) is 1. The molecule has 92 valence electrons. The van der Waals surface area contributed by atoms with Crippen LogP contribution in [0, 0.1) is 0 Å². The quantitative estimate of drug-likeness (QED) is 0.734. The van der Waals surface area contributed by atoms with E-state index < -0.39 is 6.17 Å². The molecule has 3 heteroatoms. The lowest BCUT2D eigenvalue weighted by Crippen LogP contribution is -2.24. The van der Waals surface area contributed by atoms with Gasteiger partial charge < -0.3 is 4.90 Å². The molecule has 0 saturated carbocycles. The topological polar surface area (TPSA) is 20.3 Å². The van der Waals surface area contributed by atoms with Gasteiger partial charge >= 0.3 is 0 Å². The highest BCUT2D eigenvalue weighted by molar-refractivity contribution is 5.94. The minimum Gasteiger partial charge on any atom is -0.371 e. The number of hydrogen-bond donors (Lipinski definition) is 0. The molecule has 0 bridgehead atoms. The predicted molar refractivity (Wildman–Crippen MR) is 67.4 cm³/mol. The van der Waals surface area contributed by atoms with Crippen molar-refractivity contribution in [2.24, 2.45) is 0 Å². The molecule has 1 aliphatic heterocycles. The van der Waals surface area contributed by atoms with Crippen LogP contribution in [0.15, 0.2) is 24.3 Å². The standard InChI is InChI=1S/C14H18FNO/c1-11(17)12-4-6-14(7-5-12)16-9-2-3-13(15)8-10-16/h4-7,13H,2-3,8-10H2,1H3. The van der Waals surface area contributed by atoms with Crippen molar-refractivity contribution >= 4 is 11.5 Å². The van der Waals surface area contributed by atoms with Crippen molar-refractivity contribution in [1.29, 1.82) is 0 Å². The molecule has 1 saturated heterocycles. The lowest BCUT2D eigenvalue weighted by molar-refractivity contribution is 0.101. The van der Waals surface area contributed by atoms with Crippen molar-refractivity contribution in [2.45, 2.75) is 32.4 Å². The maximum Gasteiger partial charge on any atom is 0.159 e. The molecule has 0 aromatic heterocycles. The van der Waals surface area contributed by atoms with Crippen LogP contribution in [0.4, 0.5) is 10.1 Å². The van der Waals surface area contributed by atoms with Crippen molar-refractivity contribution in [3.63, 3.8) is 0 Å². The van der Waals surface area contributed by atoms with Crippen LogP contribution >= 0.6 is 0 Å².